The van der Waals surface area contributed by atoms with Gasteiger partial charge in [-0.15, -0.1) is 11.6 Å². The second-order valence-electron chi connectivity index (χ2n) is 18.9. The number of hydrogen-bond donors (Lipinski definition) is 2. The highest BCUT2D eigenvalue weighted by atomic mass is 79.9. The average molecular weight is 1280 g/mol. The van der Waals surface area contributed by atoms with Crippen molar-refractivity contribution in [2.24, 2.45) is 0 Å². The van der Waals surface area contributed by atoms with Crippen LogP contribution in [0.2, 0.25) is 0 Å². The van der Waals surface area contributed by atoms with E-state index in [0.717, 1.165) is 37.3 Å². The molecule has 7 heterocycles. The minimum Gasteiger partial charge on any atom is -0.396 e. The number of ether oxygens (including phenoxy) is 9. The van der Waals surface area contributed by atoms with Crippen molar-refractivity contribution in [3.63, 3.8) is 0 Å². The summed E-state index contributed by atoms with van der Waals surface area (Å²) < 4.78 is 78.6. The summed E-state index contributed by atoms with van der Waals surface area (Å²) in [6.07, 6.45) is -0.597. The Hall–Kier alpha value is -1.10. The number of aromatic nitrogens is 4. The molecule has 3 N–H and O–H groups in total. The number of alkyl halides is 3. The number of anilines is 1. The second kappa shape index (κ2) is 44.4. The van der Waals surface area contributed by atoms with E-state index in [1.165, 1.54) is 29.2 Å². The third-order valence-corrected chi connectivity index (χ3v) is 14.1. The average Bonchev–Trinajstić information content (AvgIpc) is 4.59. The molecule has 2 aromatic heterocycles. The van der Waals surface area contributed by atoms with Crippen molar-refractivity contribution in [1.82, 2.24) is 19.6 Å². The normalized spacial score (nSPS) is 19.2. The van der Waals surface area contributed by atoms with Crippen LogP contribution in [0.3, 0.4) is 0 Å². The zero-order valence-electron chi connectivity index (χ0n) is 46.7. The topological polar surface area (TPSA) is 258 Å². The first-order chi connectivity index (χ1) is 39.5. The van der Waals surface area contributed by atoms with Gasteiger partial charge in [-0.2, -0.15) is 18.6 Å². The summed E-state index contributed by atoms with van der Waals surface area (Å²) in [5, 5.41) is 27.8. The van der Waals surface area contributed by atoms with Gasteiger partial charge >= 0.3 is 5.69 Å². The summed E-state index contributed by atoms with van der Waals surface area (Å²) in [7, 11) is 59.4. The number of epoxide rings is 2. The van der Waals surface area contributed by atoms with Crippen molar-refractivity contribution in [1.29, 1.82) is 0 Å². The third-order valence-electron chi connectivity index (χ3n) is 11.8. The van der Waals surface area contributed by atoms with E-state index in [4.69, 9.17) is 154 Å². The molecule has 5 aliphatic heterocycles. The lowest BCUT2D eigenvalue weighted by Crippen LogP contribution is -2.80. The molecule has 5 saturated heterocycles. The molecular weight excluding hydrogens is 1220 g/mol. The molecule has 0 aliphatic carbocycles. The minimum atomic E-state index is -3.71. The number of hydrogen-bond acceptors (Lipinski definition) is 18. The van der Waals surface area contributed by atoms with Crippen LogP contribution in [0.4, 0.5) is 11.4 Å². The van der Waals surface area contributed by atoms with Crippen LogP contribution in [0.1, 0.15) is 5.56 Å². The Morgan fingerprint density at radius 1 is 0.675 bits per heavy atom. The second-order valence-corrected chi connectivity index (χ2v) is 22.4. The quantitative estimate of drug-likeness (QED) is 0.0172. The van der Waals surface area contributed by atoms with E-state index in [-0.39, 0.29) is 42.1 Å². The van der Waals surface area contributed by atoms with Gasteiger partial charge in [-0.25, -0.2) is 0 Å². The van der Waals surface area contributed by atoms with E-state index in [1.807, 2.05) is 6.92 Å². The highest BCUT2D eigenvalue weighted by molar-refractivity contribution is 9.09. The van der Waals surface area contributed by atoms with Crippen LogP contribution in [-0.2, 0) is 70.0 Å². The number of nitrogens with zero attached hydrogens (tertiary/aromatic N) is 5. The molecule has 1 aromatic carbocycles. The number of aliphatic hydroxyl groups is 1. The fraction of sp³-hybridized carbons (Fsp3) is 0.684. The lowest BCUT2D eigenvalue weighted by molar-refractivity contribution is -0.385. The summed E-state index contributed by atoms with van der Waals surface area (Å²) in [5.74, 6) is 0.667. The van der Waals surface area contributed by atoms with Crippen LogP contribution in [0.25, 0.3) is 0 Å². The van der Waals surface area contributed by atoms with Gasteiger partial charge in [-0.05, 0) is 19.1 Å². The number of nitrogens with two attached hydrogens (primary N) is 1. The molecule has 0 saturated carbocycles. The summed E-state index contributed by atoms with van der Waals surface area (Å²) in [4.78, 5) is 10.1. The maximum Gasteiger partial charge on any atom is 0.306 e. The molecule has 21 nitrogen and oxygen atoms in total. The van der Waals surface area contributed by atoms with Gasteiger partial charge in [0.05, 0.1) is 146 Å². The molecule has 8 rings (SSSR count). The number of nitrogen functional groups attached to an aromatic ring is 1. The van der Waals surface area contributed by atoms with Gasteiger partial charge in [-0.1, -0.05) is 49.6 Å². The maximum atomic E-state index is 11.9. The summed E-state index contributed by atoms with van der Waals surface area (Å²) in [5.41, 5.74) is 7.20. The van der Waals surface area contributed by atoms with Gasteiger partial charge in [0.2, 0.25) is 0 Å². The van der Waals surface area contributed by atoms with Crippen LogP contribution in [0, 0.1) is 17.0 Å². The Labute approximate surface area is 530 Å². The molecule has 5 unspecified atom stereocenters. The monoisotopic (exact) mass is 1280 g/mol. The summed E-state index contributed by atoms with van der Waals surface area (Å²) in [6, 6.07) is 6.53. The number of aliphatic hydroxyl groups excluding tert-OH is 1. The van der Waals surface area contributed by atoms with Gasteiger partial charge in [0.1, 0.15) is 36.8 Å². The SMILES string of the molecule is BrCCOCC1CO1.Cc1ccc(S(=O)(=O)OCC2COCCO2)cc1.ClCC1CO1.Nc1cnn(CC2COCCO2)c1.O=[N+]([O-])c1cnn(CC2COCCO2)c1.OCCBr.[B]B([B])B([B])B(B(B([B])[B])B([B])[B])B(B([B])[B])B([B])[B]. The van der Waals surface area contributed by atoms with Crippen LogP contribution in [-0.4, -0.2) is 327 Å². The zero-order valence-corrected chi connectivity index (χ0v) is 51.5. The van der Waals surface area contributed by atoms with E-state index >= 15 is 0 Å². The first-order valence-electron chi connectivity index (χ1n) is 26.4. The van der Waals surface area contributed by atoms with Crippen molar-refractivity contribution in [2.75, 3.05) is 121 Å². The van der Waals surface area contributed by atoms with E-state index in [9.17, 15) is 18.5 Å². The molecular formula is C38H59B20Br2ClN6O15S. The summed E-state index contributed by atoms with van der Waals surface area (Å²) in [6.45, 7) is 11.7. The molecule has 418 valence electrons. The largest absolute Gasteiger partial charge is 0.396 e. The van der Waals surface area contributed by atoms with Crippen molar-refractivity contribution in [2.45, 2.75) is 55.4 Å². The highest BCUT2D eigenvalue weighted by Crippen LogP contribution is 2.16. The van der Waals surface area contributed by atoms with Crippen molar-refractivity contribution < 1.29 is 65.3 Å². The van der Waals surface area contributed by atoms with Gasteiger partial charge in [-0.3, -0.25) is 23.7 Å². The first-order valence-corrected chi connectivity index (χ1v) is 30.6. The minimum absolute atomic E-state index is 0.00766. The fourth-order valence-corrected chi connectivity index (χ4v) is 8.80. The van der Waals surface area contributed by atoms with E-state index in [0.29, 0.717) is 102 Å². The molecule has 5 atom stereocenters. The Morgan fingerprint density at radius 3 is 1.46 bits per heavy atom. The van der Waals surface area contributed by atoms with Crippen molar-refractivity contribution in [3.8, 4) is 0 Å². The van der Waals surface area contributed by atoms with Crippen molar-refractivity contribution in [3.05, 3.63) is 64.7 Å². The standard InChI is InChI=1S/C12H16O5S.C8H11N3O4.C8H13N3O2.C5H9BrO2.C3H5ClO.C2H5BrO.B20/c1-10-2-4-12(5-3-10)18(13,14)17-9-11-8-15-6-7-16-11;12-11(13)7-3-9-10(4-7)5-8-6-14-1-2-15-8;9-7-3-10-11(4-7)5-8-6-12-1-2-13-8;6-1-2-7-3-5-4-8-5;4-1-3-2-5-3;3-1-2-4;1-12(2)17(11)20(18(13(3)4)14(5)6)19(15(7)8)16(9)10/h2-5,11H,6-9H2,1H3;3-4,8H,1-2,5-6H2;3-4,8H,1-2,5-6,9H2;5H,1-4H2;3H,1-2H2;4H,1-2H2;. The number of aryl methyl sites for hydroxylation is 1. The highest BCUT2D eigenvalue weighted by Gasteiger charge is 2.44. The molecule has 5 aliphatic rings. The molecule has 3 aromatic rings. The van der Waals surface area contributed by atoms with E-state index in [1.54, 1.807) is 29.2 Å². The maximum absolute atomic E-state index is 11.9. The predicted octanol–water partition coefficient (Wildman–Crippen LogP) is -4.62. The Kier molecular flexibility index (Phi) is 41.7. The third kappa shape index (κ3) is 34.5. The van der Waals surface area contributed by atoms with Crippen LogP contribution >= 0.6 is 43.5 Å². The molecule has 22 radical (unpaired) electrons. The van der Waals surface area contributed by atoms with E-state index < -0.39 is 72.5 Å². The lowest BCUT2D eigenvalue weighted by Gasteiger charge is -2.42. The molecule has 0 spiro atoms. The Morgan fingerprint density at radius 2 is 1.12 bits per heavy atom. The van der Waals surface area contributed by atoms with Gasteiger partial charge in [0.25, 0.3) is 10.1 Å². The Bertz CT molecular complexity index is 2220. The van der Waals surface area contributed by atoms with Gasteiger partial charge in [0.15, 0.2) is 0 Å². The van der Waals surface area contributed by atoms with E-state index in [2.05, 4.69) is 42.1 Å². The lowest BCUT2D eigenvalue weighted by atomic mass is 8.39. The predicted molar refractivity (Wildman–Crippen MR) is 352 cm³/mol. The molecule has 0 bridgehead atoms. The fourth-order valence-electron chi connectivity index (χ4n) is 7.46. The molecule has 83 heavy (non-hydrogen) atoms. The van der Waals surface area contributed by atoms with Gasteiger partial charge < -0.3 is 53.5 Å². The van der Waals surface area contributed by atoms with Crippen LogP contribution in [0.15, 0.2) is 53.9 Å². The molecule has 5 fully saturated rings. The van der Waals surface area contributed by atoms with Gasteiger partial charge in [0, 0.05) is 159 Å². The molecule has 45 heteroatoms. The Balaban J connectivity index is 0.000000347. The smallest absolute Gasteiger partial charge is 0.306 e. The first kappa shape index (κ1) is 78.0. The van der Waals surface area contributed by atoms with Crippen LogP contribution in [0.5, 0.6) is 0 Å². The number of halogens is 3. The number of nitro groups is 1. The van der Waals surface area contributed by atoms with Crippen LogP contribution < -0.4 is 5.73 Å². The number of rotatable bonds is 23. The van der Waals surface area contributed by atoms with Crippen molar-refractivity contribution >= 4 is 208 Å². The summed E-state index contributed by atoms with van der Waals surface area (Å²) >= 11 is 11.5. The number of benzene rings is 1. The molecule has 0 amide bonds. The zero-order chi connectivity index (χ0) is 61.9.